The molecule has 0 aliphatic carbocycles. The lowest BCUT2D eigenvalue weighted by atomic mass is 10.2. The number of methoxy groups -OCH3 is 1. The highest BCUT2D eigenvalue weighted by atomic mass is 16.7. The molecule has 0 unspecified atom stereocenters. The summed E-state index contributed by atoms with van der Waals surface area (Å²) >= 11 is 0. The van der Waals surface area contributed by atoms with Crippen molar-refractivity contribution in [3.8, 4) is 17.2 Å². The molecule has 5 rings (SSSR count). The van der Waals surface area contributed by atoms with E-state index in [-0.39, 0.29) is 24.8 Å². The first-order chi connectivity index (χ1) is 16.6. The minimum absolute atomic E-state index is 0.159. The van der Waals surface area contributed by atoms with E-state index < -0.39 is 0 Å². The fourth-order valence-corrected chi connectivity index (χ4v) is 4.10. The molecule has 176 valence electrons. The topological polar surface area (TPSA) is 98.2 Å². The van der Waals surface area contributed by atoms with E-state index in [1.165, 1.54) is 10.7 Å². The van der Waals surface area contributed by atoms with Gasteiger partial charge in [0.25, 0.3) is 5.56 Å². The Balaban J connectivity index is 1.23. The molecule has 0 bridgehead atoms. The summed E-state index contributed by atoms with van der Waals surface area (Å²) in [4.78, 5) is 29.3. The monoisotopic (exact) mass is 463 g/mol. The molecule has 1 aromatic heterocycles. The molecule has 3 heterocycles. The first-order valence-corrected chi connectivity index (χ1v) is 11.0. The van der Waals surface area contributed by atoms with Crippen molar-refractivity contribution in [3.63, 3.8) is 0 Å². The van der Waals surface area contributed by atoms with Crippen molar-refractivity contribution in [2.24, 2.45) is 0 Å². The number of para-hydroxylation sites is 2. The minimum atomic E-state index is -0.355. The highest BCUT2D eigenvalue weighted by molar-refractivity contribution is 5.90. The molecule has 0 saturated carbocycles. The van der Waals surface area contributed by atoms with Gasteiger partial charge in [-0.25, -0.2) is 4.68 Å². The molecule has 3 aromatic rings. The van der Waals surface area contributed by atoms with Crippen LogP contribution in [0.4, 0.5) is 17.2 Å². The molecule has 0 spiro atoms. The Labute approximate surface area is 196 Å². The number of nitrogens with one attached hydrogen (secondary N) is 1. The van der Waals surface area contributed by atoms with Crippen LogP contribution in [0.2, 0.25) is 0 Å². The normalized spacial score (nSPS) is 14.7. The summed E-state index contributed by atoms with van der Waals surface area (Å²) in [5.41, 5.74) is 1.28. The average Bonchev–Trinajstić information content (AvgIpc) is 3.33. The number of piperazine rings is 1. The zero-order valence-electron chi connectivity index (χ0n) is 18.8. The zero-order valence-corrected chi connectivity index (χ0v) is 18.8. The predicted octanol–water partition coefficient (Wildman–Crippen LogP) is 1.95. The highest BCUT2D eigenvalue weighted by Gasteiger charge is 2.21. The Hall–Kier alpha value is -4.21. The molecular weight excluding hydrogens is 438 g/mol. The van der Waals surface area contributed by atoms with Gasteiger partial charge in [0.2, 0.25) is 12.7 Å². The third kappa shape index (κ3) is 4.47. The van der Waals surface area contributed by atoms with Crippen molar-refractivity contribution in [2.45, 2.75) is 6.54 Å². The quantitative estimate of drug-likeness (QED) is 0.593. The SMILES string of the molecule is COc1ccccc1N1CCN(c2ccc(=O)n(CC(=O)Nc3ccc4c(c3)OCO4)n2)CC1. The van der Waals surface area contributed by atoms with E-state index in [9.17, 15) is 9.59 Å². The minimum Gasteiger partial charge on any atom is -0.495 e. The van der Waals surface area contributed by atoms with Crippen molar-refractivity contribution in [3.05, 3.63) is 65.0 Å². The van der Waals surface area contributed by atoms with Crippen molar-refractivity contribution < 1.29 is 19.0 Å². The lowest BCUT2D eigenvalue weighted by molar-refractivity contribution is -0.117. The molecule has 0 radical (unpaired) electrons. The smallest absolute Gasteiger partial charge is 0.267 e. The van der Waals surface area contributed by atoms with Crippen molar-refractivity contribution in [1.82, 2.24) is 9.78 Å². The van der Waals surface area contributed by atoms with Crippen LogP contribution in [0.1, 0.15) is 0 Å². The van der Waals surface area contributed by atoms with Crippen LogP contribution in [0.3, 0.4) is 0 Å². The maximum Gasteiger partial charge on any atom is 0.267 e. The summed E-state index contributed by atoms with van der Waals surface area (Å²) in [5.74, 6) is 2.36. The summed E-state index contributed by atoms with van der Waals surface area (Å²) in [7, 11) is 1.67. The van der Waals surface area contributed by atoms with Crippen LogP contribution in [0, 0.1) is 0 Å². The first kappa shape index (κ1) is 21.6. The van der Waals surface area contributed by atoms with Crippen LogP contribution in [0.25, 0.3) is 0 Å². The number of fused-ring (bicyclic) bond motifs is 1. The van der Waals surface area contributed by atoms with Gasteiger partial charge >= 0.3 is 0 Å². The fraction of sp³-hybridized carbons (Fsp3) is 0.292. The summed E-state index contributed by atoms with van der Waals surface area (Å²) < 4.78 is 17.3. The number of benzene rings is 2. The first-order valence-electron chi connectivity index (χ1n) is 11.0. The van der Waals surface area contributed by atoms with Crippen molar-refractivity contribution in [1.29, 1.82) is 0 Å². The number of aromatic nitrogens is 2. The van der Waals surface area contributed by atoms with Crippen LogP contribution in [0.15, 0.2) is 59.4 Å². The van der Waals surface area contributed by atoms with Gasteiger partial charge in [0.1, 0.15) is 18.1 Å². The fourth-order valence-electron chi connectivity index (χ4n) is 4.10. The third-order valence-corrected chi connectivity index (χ3v) is 5.83. The molecule has 1 saturated heterocycles. The number of carbonyl (C=O) groups is 1. The summed E-state index contributed by atoms with van der Waals surface area (Å²) in [5, 5.41) is 7.22. The van der Waals surface area contributed by atoms with Gasteiger partial charge in [0.05, 0.1) is 12.8 Å². The highest BCUT2D eigenvalue weighted by Crippen LogP contribution is 2.34. The van der Waals surface area contributed by atoms with Crippen LogP contribution in [0.5, 0.6) is 17.2 Å². The van der Waals surface area contributed by atoms with Crippen LogP contribution >= 0.6 is 0 Å². The van der Waals surface area contributed by atoms with Gasteiger partial charge in [-0.05, 0) is 30.3 Å². The number of hydrogen-bond acceptors (Lipinski definition) is 8. The number of nitrogens with zero attached hydrogens (tertiary/aromatic N) is 4. The molecule has 1 amide bonds. The second-order valence-electron chi connectivity index (χ2n) is 7.95. The molecule has 10 heteroatoms. The Morgan fingerprint density at radius 2 is 1.76 bits per heavy atom. The number of rotatable bonds is 6. The lowest BCUT2D eigenvalue weighted by Gasteiger charge is -2.37. The molecule has 0 atom stereocenters. The van der Waals surface area contributed by atoms with Gasteiger partial charge in [-0.2, -0.15) is 5.10 Å². The molecule has 1 fully saturated rings. The average molecular weight is 463 g/mol. The second kappa shape index (κ2) is 9.34. The van der Waals surface area contributed by atoms with Gasteiger partial charge in [-0.15, -0.1) is 0 Å². The maximum atomic E-state index is 12.6. The Bertz CT molecular complexity index is 1250. The van der Waals surface area contributed by atoms with Crippen molar-refractivity contribution >= 4 is 23.1 Å². The largest absolute Gasteiger partial charge is 0.495 e. The van der Waals surface area contributed by atoms with E-state index in [1.54, 1.807) is 31.4 Å². The Morgan fingerprint density at radius 1 is 1.00 bits per heavy atom. The summed E-state index contributed by atoms with van der Waals surface area (Å²) in [6.07, 6.45) is 0. The molecule has 2 aliphatic rings. The van der Waals surface area contributed by atoms with Gasteiger partial charge < -0.3 is 29.3 Å². The summed E-state index contributed by atoms with van der Waals surface area (Å²) in [6.45, 7) is 2.99. The van der Waals surface area contributed by atoms with E-state index in [0.717, 1.165) is 37.6 Å². The third-order valence-electron chi connectivity index (χ3n) is 5.83. The number of hydrogen-bond donors (Lipinski definition) is 1. The van der Waals surface area contributed by atoms with Gasteiger partial charge in [0, 0.05) is 44.0 Å². The number of amides is 1. The molecule has 2 aliphatic heterocycles. The molecule has 34 heavy (non-hydrogen) atoms. The number of anilines is 3. The van der Waals surface area contributed by atoms with Crippen LogP contribution in [-0.4, -0.2) is 55.8 Å². The summed E-state index contributed by atoms with van der Waals surface area (Å²) in [6, 6.07) is 16.2. The van der Waals surface area contributed by atoms with E-state index in [2.05, 4.69) is 20.2 Å². The standard InChI is InChI=1S/C24H25N5O5/c1-32-19-5-3-2-4-18(19)27-10-12-28(13-11-27)22-8-9-24(31)29(26-22)15-23(30)25-17-6-7-20-21(14-17)34-16-33-20/h2-9,14H,10-13,15-16H2,1H3,(H,25,30). The Morgan fingerprint density at radius 3 is 2.59 bits per heavy atom. The van der Waals surface area contributed by atoms with E-state index in [0.29, 0.717) is 23.0 Å². The molecule has 1 N–H and O–H groups in total. The van der Waals surface area contributed by atoms with Gasteiger partial charge in [-0.1, -0.05) is 12.1 Å². The predicted molar refractivity (Wildman–Crippen MR) is 127 cm³/mol. The van der Waals surface area contributed by atoms with E-state index >= 15 is 0 Å². The van der Waals surface area contributed by atoms with E-state index in [4.69, 9.17) is 14.2 Å². The number of carbonyl (C=O) groups excluding carboxylic acids is 1. The van der Waals surface area contributed by atoms with Crippen LogP contribution < -0.4 is 34.9 Å². The molecule has 10 nitrogen and oxygen atoms in total. The van der Waals surface area contributed by atoms with Crippen LogP contribution in [-0.2, 0) is 11.3 Å². The lowest BCUT2D eigenvalue weighted by Crippen LogP contribution is -2.47. The second-order valence-corrected chi connectivity index (χ2v) is 7.95. The zero-order chi connectivity index (χ0) is 23.5. The molecule has 2 aromatic carbocycles. The molecular formula is C24H25N5O5. The van der Waals surface area contributed by atoms with E-state index in [1.807, 2.05) is 24.3 Å². The van der Waals surface area contributed by atoms with Gasteiger partial charge in [0.15, 0.2) is 11.5 Å². The van der Waals surface area contributed by atoms with Crippen molar-refractivity contribution in [2.75, 3.05) is 55.2 Å². The maximum absolute atomic E-state index is 12.6. The van der Waals surface area contributed by atoms with Gasteiger partial charge in [-0.3, -0.25) is 9.59 Å². The Kier molecular flexibility index (Phi) is 5.94. The number of ether oxygens (including phenoxy) is 3.